The number of epoxide rings is 1. The Hall–Kier alpha value is -1.36. The third-order valence-corrected chi connectivity index (χ3v) is 3.75. The lowest BCUT2D eigenvalue weighted by atomic mass is 9.98. The molecule has 0 spiro atoms. The summed E-state index contributed by atoms with van der Waals surface area (Å²) < 4.78 is 16.1. The first-order valence-corrected chi connectivity index (χ1v) is 8.39. The molecule has 1 aliphatic rings. The minimum Gasteiger partial charge on any atom is -0.463 e. The molecule has 2 atom stereocenters. The molecule has 0 bridgehead atoms. The average Bonchev–Trinajstić information content (AvgIpc) is 3.35. The molecule has 5 heteroatoms. The Morgan fingerprint density at radius 1 is 1.48 bits per heavy atom. The second-order valence-electron chi connectivity index (χ2n) is 5.42. The van der Waals surface area contributed by atoms with E-state index in [0.29, 0.717) is 18.2 Å². The monoisotopic (exact) mass is 338 g/mol. The van der Waals surface area contributed by atoms with Crippen LogP contribution < -0.4 is 0 Å². The number of carbonyl (C=O) groups is 1. The number of halogens is 1. The van der Waals surface area contributed by atoms with E-state index < -0.39 is 0 Å². The fourth-order valence-electron chi connectivity index (χ4n) is 2.30. The van der Waals surface area contributed by atoms with Crippen LogP contribution in [0.2, 0.25) is 5.02 Å². The Morgan fingerprint density at radius 3 is 2.91 bits per heavy atom. The summed E-state index contributed by atoms with van der Waals surface area (Å²) in [4.78, 5) is 11.5. The smallest absolute Gasteiger partial charge is 0.330 e. The van der Waals surface area contributed by atoms with Crippen LogP contribution in [0, 0.1) is 0 Å². The molecule has 1 aromatic carbocycles. The number of benzene rings is 1. The standard InChI is InChI=1S/C18H23ClO4/c1-3-5-17(23-12-15-11-22-15)16-10-14(19)8-6-13(16)7-9-18(20)21-4-2/h6-10,15,17H,3-5,11-12H2,1-2H3/b9-7+/t15?,17-/m1/s1. The number of ether oxygens (including phenoxy) is 3. The molecule has 1 heterocycles. The molecule has 0 saturated carbocycles. The molecular weight excluding hydrogens is 316 g/mol. The number of rotatable bonds is 9. The number of carbonyl (C=O) groups excluding carboxylic acids is 1. The summed E-state index contributed by atoms with van der Waals surface area (Å²) in [5.74, 6) is -0.354. The zero-order chi connectivity index (χ0) is 16.7. The quantitative estimate of drug-likeness (QED) is 0.385. The minimum absolute atomic E-state index is 0.0651. The molecule has 1 fully saturated rings. The van der Waals surface area contributed by atoms with E-state index in [0.717, 1.165) is 30.6 Å². The third kappa shape index (κ3) is 5.98. The Kier molecular flexibility index (Phi) is 7.09. The summed E-state index contributed by atoms with van der Waals surface area (Å²) in [6.07, 6.45) is 5.21. The number of hydrogen-bond acceptors (Lipinski definition) is 4. The predicted molar refractivity (Wildman–Crippen MR) is 90.5 cm³/mol. The van der Waals surface area contributed by atoms with E-state index >= 15 is 0 Å². The van der Waals surface area contributed by atoms with Crippen LogP contribution in [-0.4, -0.2) is 31.9 Å². The van der Waals surface area contributed by atoms with Crippen molar-refractivity contribution in [3.05, 3.63) is 40.4 Å². The minimum atomic E-state index is -0.354. The van der Waals surface area contributed by atoms with Gasteiger partial charge in [0.2, 0.25) is 0 Å². The van der Waals surface area contributed by atoms with Crippen molar-refractivity contribution in [3.8, 4) is 0 Å². The predicted octanol–water partition coefficient (Wildman–Crippen LogP) is 4.17. The van der Waals surface area contributed by atoms with Crippen LogP contribution in [0.5, 0.6) is 0 Å². The van der Waals surface area contributed by atoms with E-state index in [9.17, 15) is 4.79 Å². The maximum absolute atomic E-state index is 11.5. The highest BCUT2D eigenvalue weighted by atomic mass is 35.5. The fourth-order valence-corrected chi connectivity index (χ4v) is 2.48. The van der Waals surface area contributed by atoms with Gasteiger partial charge in [0.15, 0.2) is 0 Å². The molecule has 1 saturated heterocycles. The van der Waals surface area contributed by atoms with E-state index in [-0.39, 0.29) is 18.2 Å². The van der Waals surface area contributed by atoms with Gasteiger partial charge in [0.1, 0.15) is 6.10 Å². The Morgan fingerprint density at radius 2 is 2.26 bits per heavy atom. The van der Waals surface area contributed by atoms with Crippen molar-refractivity contribution in [2.75, 3.05) is 19.8 Å². The van der Waals surface area contributed by atoms with Crippen molar-refractivity contribution in [2.45, 2.75) is 38.9 Å². The van der Waals surface area contributed by atoms with Crippen molar-refractivity contribution in [2.24, 2.45) is 0 Å². The summed E-state index contributed by atoms with van der Waals surface area (Å²) in [6, 6.07) is 5.61. The Labute approximate surface area is 142 Å². The number of hydrogen-bond donors (Lipinski definition) is 0. The zero-order valence-corrected chi connectivity index (χ0v) is 14.3. The van der Waals surface area contributed by atoms with Gasteiger partial charge in [-0.3, -0.25) is 0 Å². The van der Waals surface area contributed by atoms with Gasteiger partial charge in [-0.1, -0.05) is 31.0 Å². The molecule has 0 aromatic heterocycles. The second-order valence-corrected chi connectivity index (χ2v) is 5.86. The van der Waals surface area contributed by atoms with E-state index in [4.69, 9.17) is 25.8 Å². The molecule has 0 aliphatic carbocycles. The molecule has 0 radical (unpaired) electrons. The first kappa shape index (κ1) is 18.0. The van der Waals surface area contributed by atoms with Crippen LogP contribution in [0.3, 0.4) is 0 Å². The molecule has 126 valence electrons. The topological polar surface area (TPSA) is 48.1 Å². The first-order valence-electron chi connectivity index (χ1n) is 8.01. The first-order chi connectivity index (χ1) is 11.1. The largest absolute Gasteiger partial charge is 0.463 e. The summed E-state index contributed by atoms with van der Waals surface area (Å²) >= 11 is 6.15. The SMILES string of the molecule is CCC[C@@H](OCC1CO1)c1cc(Cl)ccc1/C=C/C(=O)OCC. The van der Waals surface area contributed by atoms with Crippen molar-refractivity contribution < 1.29 is 19.0 Å². The summed E-state index contributed by atoms with van der Waals surface area (Å²) in [5, 5.41) is 0.653. The lowest BCUT2D eigenvalue weighted by molar-refractivity contribution is -0.137. The normalized spacial score (nSPS) is 18.1. The van der Waals surface area contributed by atoms with Gasteiger partial charge in [-0.15, -0.1) is 0 Å². The van der Waals surface area contributed by atoms with Crippen LogP contribution in [0.4, 0.5) is 0 Å². The van der Waals surface area contributed by atoms with Crippen molar-refractivity contribution in [1.29, 1.82) is 0 Å². The van der Waals surface area contributed by atoms with Crippen molar-refractivity contribution >= 4 is 23.6 Å². The molecular formula is C18H23ClO4. The van der Waals surface area contributed by atoms with E-state index in [1.165, 1.54) is 6.08 Å². The van der Waals surface area contributed by atoms with Gasteiger partial charge in [0.05, 0.1) is 25.9 Å². The highest BCUT2D eigenvalue weighted by Crippen LogP contribution is 2.30. The van der Waals surface area contributed by atoms with E-state index in [2.05, 4.69) is 6.92 Å². The van der Waals surface area contributed by atoms with Gasteiger partial charge >= 0.3 is 5.97 Å². The van der Waals surface area contributed by atoms with Crippen LogP contribution in [0.15, 0.2) is 24.3 Å². The average molecular weight is 339 g/mol. The van der Waals surface area contributed by atoms with E-state index in [1.807, 2.05) is 18.2 Å². The lowest BCUT2D eigenvalue weighted by Crippen LogP contribution is -2.10. The van der Waals surface area contributed by atoms with Crippen LogP contribution in [0.25, 0.3) is 6.08 Å². The summed E-state index contributed by atoms with van der Waals surface area (Å²) in [6.45, 7) is 5.61. The maximum Gasteiger partial charge on any atom is 0.330 e. The molecule has 0 N–H and O–H groups in total. The summed E-state index contributed by atoms with van der Waals surface area (Å²) in [7, 11) is 0. The second kappa shape index (κ2) is 9.06. The highest BCUT2D eigenvalue weighted by Gasteiger charge is 2.25. The fraction of sp³-hybridized carbons (Fsp3) is 0.500. The van der Waals surface area contributed by atoms with Crippen molar-refractivity contribution in [3.63, 3.8) is 0 Å². The Bertz CT molecular complexity index is 552. The number of esters is 1. The van der Waals surface area contributed by atoms with Gasteiger partial charge in [-0.2, -0.15) is 0 Å². The van der Waals surface area contributed by atoms with Gasteiger partial charge in [-0.05, 0) is 42.7 Å². The van der Waals surface area contributed by atoms with E-state index in [1.54, 1.807) is 13.0 Å². The third-order valence-electron chi connectivity index (χ3n) is 3.52. The lowest BCUT2D eigenvalue weighted by Gasteiger charge is -2.20. The van der Waals surface area contributed by atoms with Gasteiger partial charge in [0, 0.05) is 11.1 Å². The maximum atomic E-state index is 11.5. The molecule has 1 aromatic rings. The molecule has 1 aliphatic heterocycles. The van der Waals surface area contributed by atoms with Crippen LogP contribution in [-0.2, 0) is 19.0 Å². The molecule has 4 nitrogen and oxygen atoms in total. The van der Waals surface area contributed by atoms with Crippen LogP contribution >= 0.6 is 11.6 Å². The van der Waals surface area contributed by atoms with Gasteiger partial charge < -0.3 is 14.2 Å². The van der Waals surface area contributed by atoms with Crippen LogP contribution in [0.1, 0.15) is 43.9 Å². The van der Waals surface area contributed by atoms with Gasteiger partial charge in [0.25, 0.3) is 0 Å². The Balaban J connectivity index is 2.18. The zero-order valence-electron chi connectivity index (χ0n) is 13.6. The molecule has 2 rings (SSSR count). The van der Waals surface area contributed by atoms with Crippen molar-refractivity contribution in [1.82, 2.24) is 0 Å². The summed E-state index contributed by atoms with van der Waals surface area (Å²) in [5.41, 5.74) is 1.90. The highest BCUT2D eigenvalue weighted by molar-refractivity contribution is 6.30. The molecule has 0 amide bonds. The molecule has 23 heavy (non-hydrogen) atoms. The van der Waals surface area contributed by atoms with Gasteiger partial charge in [-0.25, -0.2) is 4.79 Å². The molecule has 1 unspecified atom stereocenters.